The van der Waals surface area contributed by atoms with Crippen molar-refractivity contribution in [1.82, 2.24) is 25.5 Å². The number of halogens is 1. The van der Waals surface area contributed by atoms with Gasteiger partial charge in [0, 0.05) is 25.5 Å². The third-order valence-electron chi connectivity index (χ3n) is 7.27. The first-order valence-corrected chi connectivity index (χ1v) is 12.8. The third kappa shape index (κ3) is 5.91. The van der Waals surface area contributed by atoms with E-state index in [1.54, 1.807) is 44.6 Å². The van der Waals surface area contributed by atoms with Crippen molar-refractivity contribution < 1.29 is 18.7 Å². The van der Waals surface area contributed by atoms with Gasteiger partial charge in [0.2, 0.25) is 17.8 Å². The van der Waals surface area contributed by atoms with Gasteiger partial charge in [-0.1, -0.05) is 32.9 Å². The minimum atomic E-state index is -0.700. The minimum absolute atomic E-state index is 0.0166. The molecule has 0 bridgehead atoms. The van der Waals surface area contributed by atoms with Crippen molar-refractivity contribution in [2.45, 2.75) is 71.0 Å². The Bertz CT molecular complexity index is 1080. The van der Waals surface area contributed by atoms with E-state index in [0.29, 0.717) is 25.6 Å². The lowest BCUT2D eigenvalue weighted by atomic mass is 9.85. The molecule has 9 nitrogen and oxygen atoms in total. The molecule has 1 aromatic carbocycles. The summed E-state index contributed by atoms with van der Waals surface area (Å²) in [4.78, 5) is 39.6. The van der Waals surface area contributed by atoms with Gasteiger partial charge in [0.25, 0.3) is 0 Å². The summed E-state index contributed by atoms with van der Waals surface area (Å²) < 4.78 is 19.7. The zero-order valence-corrected chi connectivity index (χ0v) is 22.1. The first-order valence-electron chi connectivity index (χ1n) is 12.8. The number of amides is 2. The molecule has 2 saturated heterocycles. The van der Waals surface area contributed by atoms with Crippen LogP contribution in [0.3, 0.4) is 0 Å². The summed E-state index contributed by atoms with van der Waals surface area (Å²) in [6.07, 6.45) is 3.84. The topological polar surface area (TPSA) is 99.7 Å². The predicted molar refractivity (Wildman–Crippen MR) is 138 cm³/mol. The summed E-state index contributed by atoms with van der Waals surface area (Å²) in [7, 11) is 1.71. The second kappa shape index (κ2) is 11.1. The number of ether oxygens (including phenoxy) is 1. The predicted octanol–water partition coefficient (Wildman–Crippen LogP) is 2.13. The quantitative estimate of drug-likeness (QED) is 0.559. The number of benzene rings is 1. The van der Waals surface area contributed by atoms with Gasteiger partial charge in [0.1, 0.15) is 11.9 Å². The average Bonchev–Trinajstić information content (AvgIpc) is 3.47. The van der Waals surface area contributed by atoms with Gasteiger partial charge in [-0.25, -0.2) is 14.4 Å². The Kier molecular flexibility index (Phi) is 8.08. The van der Waals surface area contributed by atoms with Gasteiger partial charge >= 0.3 is 0 Å². The molecule has 0 saturated carbocycles. The van der Waals surface area contributed by atoms with E-state index in [4.69, 9.17) is 4.74 Å². The van der Waals surface area contributed by atoms with E-state index in [1.165, 1.54) is 12.1 Å². The highest BCUT2D eigenvalue weighted by molar-refractivity contribution is 5.90. The maximum Gasteiger partial charge on any atom is 0.246 e. The van der Waals surface area contributed by atoms with Gasteiger partial charge < -0.3 is 25.2 Å². The molecule has 5 atom stereocenters. The molecule has 0 spiro atoms. The molecule has 0 radical (unpaired) electrons. The van der Waals surface area contributed by atoms with Crippen LogP contribution in [0.15, 0.2) is 42.7 Å². The Morgan fingerprint density at radius 3 is 2.49 bits per heavy atom. The molecule has 4 rings (SSSR count). The Balaban J connectivity index is 1.59. The number of fused-ring (bicyclic) bond motifs is 1. The number of hydrogen-bond acceptors (Lipinski definition) is 7. The molecule has 2 fully saturated rings. The van der Waals surface area contributed by atoms with Gasteiger partial charge in [-0.05, 0) is 49.6 Å². The highest BCUT2D eigenvalue weighted by atomic mass is 19.1. The smallest absolute Gasteiger partial charge is 0.246 e. The number of aromatic nitrogens is 2. The number of nitrogens with zero attached hydrogens (tertiary/aromatic N) is 4. The minimum Gasteiger partial charge on any atom is -0.369 e. The van der Waals surface area contributed by atoms with Gasteiger partial charge in [0.15, 0.2) is 0 Å². The normalized spacial score (nSPS) is 23.0. The van der Waals surface area contributed by atoms with Crippen molar-refractivity contribution in [2.75, 3.05) is 25.0 Å². The summed E-state index contributed by atoms with van der Waals surface area (Å²) in [6, 6.07) is 6.62. The van der Waals surface area contributed by atoms with E-state index in [0.717, 1.165) is 12.0 Å². The first kappa shape index (κ1) is 26.9. The van der Waals surface area contributed by atoms with Crippen LogP contribution in [0.4, 0.5) is 10.3 Å². The van der Waals surface area contributed by atoms with Crippen LogP contribution in [0.5, 0.6) is 0 Å². The Morgan fingerprint density at radius 1 is 1.19 bits per heavy atom. The Hall–Kier alpha value is -3.11. The van der Waals surface area contributed by atoms with Crippen LogP contribution in [-0.2, 0) is 20.9 Å². The van der Waals surface area contributed by atoms with Crippen molar-refractivity contribution in [2.24, 2.45) is 5.41 Å². The van der Waals surface area contributed by atoms with Crippen LogP contribution < -0.4 is 15.5 Å². The standard InChI is InChI=1S/C27H37FN6O3/c1-17(29-5)24(35)32-23(27(2,3)4)25(36)33-14-11-20-22(33)21(15-34(20)26-30-12-6-13-31-26)37-16-18-7-9-19(28)10-8-18/h6-10,12-13,17,20-23,29H,11,14-16H2,1-5H3,(H,32,35)/t17?,20-,21+,22+,23?/m1/s1. The average molecular weight is 513 g/mol. The molecule has 2 unspecified atom stereocenters. The molecule has 200 valence electrons. The fourth-order valence-electron chi connectivity index (χ4n) is 5.10. The molecule has 1 aromatic heterocycles. The monoisotopic (exact) mass is 512 g/mol. The Labute approximate surface area is 217 Å². The second-order valence-electron chi connectivity index (χ2n) is 10.9. The molecule has 2 N–H and O–H groups in total. The Morgan fingerprint density at radius 2 is 1.86 bits per heavy atom. The molecule has 2 aliphatic heterocycles. The lowest BCUT2D eigenvalue weighted by Crippen LogP contribution is -2.59. The van der Waals surface area contributed by atoms with Crippen molar-refractivity contribution in [3.63, 3.8) is 0 Å². The fourth-order valence-corrected chi connectivity index (χ4v) is 5.10. The number of rotatable bonds is 8. The van der Waals surface area contributed by atoms with Crippen LogP contribution in [-0.4, -0.2) is 77.1 Å². The summed E-state index contributed by atoms with van der Waals surface area (Å²) in [6.45, 7) is 8.97. The molecular weight excluding hydrogens is 475 g/mol. The lowest BCUT2D eigenvalue weighted by molar-refractivity contribution is -0.142. The van der Waals surface area contributed by atoms with E-state index in [-0.39, 0.29) is 35.8 Å². The highest BCUT2D eigenvalue weighted by Gasteiger charge is 2.53. The maximum atomic E-state index is 14.0. The first-order chi connectivity index (χ1) is 17.6. The fraction of sp³-hybridized carbons (Fsp3) is 0.556. The number of hydrogen-bond donors (Lipinski definition) is 2. The van der Waals surface area contributed by atoms with Crippen molar-refractivity contribution in [1.29, 1.82) is 0 Å². The van der Waals surface area contributed by atoms with E-state index in [1.807, 2.05) is 25.7 Å². The van der Waals surface area contributed by atoms with Crippen LogP contribution in [0.25, 0.3) is 0 Å². The molecule has 2 aromatic rings. The number of carbonyl (C=O) groups is 2. The molecule has 0 aliphatic carbocycles. The number of carbonyl (C=O) groups excluding carboxylic acids is 2. The summed E-state index contributed by atoms with van der Waals surface area (Å²) >= 11 is 0. The molecule has 2 aliphatic rings. The number of likely N-dealkylation sites (tertiary alicyclic amines) is 1. The van der Waals surface area contributed by atoms with E-state index < -0.39 is 17.5 Å². The number of anilines is 1. The van der Waals surface area contributed by atoms with Crippen LogP contribution in [0, 0.1) is 11.2 Å². The van der Waals surface area contributed by atoms with E-state index in [9.17, 15) is 14.0 Å². The number of nitrogens with one attached hydrogen (secondary N) is 2. The third-order valence-corrected chi connectivity index (χ3v) is 7.27. The largest absolute Gasteiger partial charge is 0.369 e. The second-order valence-corrected chi connectivity index (χ2v) is 10.9. The molecule has 37 heavy (non-hydrogen) atoms. The van der Waals surface area contributed by atoms with Crippen molar-refractivity contribution in [3.05, 3.63) is 54.1 Å². The van der Waals surface area contributed by atoms with E-state index in [2.05, 4.69) is 25.5 Å². The SMILES string of the molecule is CNC(C)C(=O)NC(C(=O)N1CC[C@@H]2[C@H]1[C@@H](OCc1ccc(F)cc1)CN2c1ncccn1)C(C)(C)C. The van der Waals surface area contributed by atoms with Gasteiger partial charge in [-0.3, -0.25) is 9.59 Å². The van der Waals surface area contributed by atoms with Gasteiger partial charge in [0.05, 0.1) is 30.8 Å². The van der Waals surface area contributed by atoms with Crippen molar-refractivity contribution >= 4 is 17.8 Å². The summed E-state index contributed by atoms with van der Waals surface area (Å²) in [5.41, 5.74) is 0.355. The van der Waals surface area contributed by atoms with Crippen molar-refractivity contribution in [3.8, 4) is 0 Å². The molecule has 3 heterocycles. The van der Waals surface area contributed by atoms with Gasteiger partial charge in [-0.15, -0.1) is 0 Å². The lowest BCUT2D eigenvalue weighted by Gasteiger charge is -2.37. The summed E-state index contributed by atoms with van der Waals surface area (Å²) in [5, 5.41) is 5.91. The molecule has 2 amide bonds. The van der Waals surface area contributed by atoms with Gasteiger partial charge in [-0.2, -0.15) is 0 Å². The highest BCUT2D eigenvalue weighted by Crippen LogP contribution is 2.37. The van der Waals surface area contributed by atoms with Crippen LogP contribution in [0.2, 0.25) is 0 Å². The maximum absolute atomic E-state index is 14.0. The van der Waals surface area contributed by atoms with E-state index >= 15 is 0 Å². The van der Waals surface area contributed by atoms with Crippen LogP contribution >= 0.6 is 0 Å². The summed E-state index contributed by atoms with van der Waals surface area (Å²) in [5.74, 6) is -0.0417. The number of likely N-dealkylation sites (N-methyl/N-ethyl adjacent to an activating group) is 1. The molecule has 10 heteroatoms. The molecular formula is C27H37FN6O3. The van der Waals surface area contributed by atoms with Crippen LogP contribution in [0.1, 0.15) is 39.7 Å². The zero-order chi connectivity index (χ0) is 26.7. The zero-order valence-electron chi connectivity index (χ0n) is 22.1.